The van der Waals surface area contributed by atoms with Gasteiger partial charge in [0, 0.05) is 18.4 Å². The number of hydrogen-bond acceptors (Lipinski definition) is 3. The van der Waals surface area contributed by atoms with Crippen molar-refractivity contribution in [3.05, 3.63) is 54.0 Å². The van der Waals surface area contributed by atoms with Gasteiger partial charge in [-0.25, -0.2) is 0 Å². The summed E-state index contributed by atoms with van der Waals surface area (Å²) in [5, 5.41) is 9.85. The fourth-order valence-electron chi connectivity index (χ4n) is 1.54. The molecule has 0 heterocycles. The van der Waals surface area contributed by atoms with Crippen LogP contribution in [0.3, 0.4) is 0 Å². The summed E-state index contributed by atoms with van der Waals surface area (Å²) in [5.74, 6) is 1.50. The largest absolute Gasteiger partial charge is 0.508 e. The van der Waals surface area contributed by atoms with Gasteiger partial charge in [-0.15, -0.1) is 0 Å². The number of methoxy groups -OCH3 is 2. The molecule has 0 fully saturated rings. The molecule has 1 N–H and O–H groups in total. The molecule has 0 saturated heterocycles. The van der Waals surface area contributed by atoms with Gasteiger partial charge in [-0.05, 0) is 11.6 Å². The third-order valence-electron chi connectivity index (χ3n) is 2.59. The Morgan fingerprint density at radius 1 is 1.12 bits per heavy atom. The lowest BCUT2D eigenvalue weighted by Gasteiger charge is -2.13. The van der Waals surface area contributed by atoms with E-state index in [0.29, 0.717) is 24.4 Å². The van der Waals surface area contributed by atoms with Crippen LogP contribution in [0.2, 0.25) is 0 Å². The van der Waals surface area contributed by atoms with E-state index in [1.54, 1.807) is 26.4 Å². The summed E-state index contributed by atoms with van der Waals surface area (Å²) in [5.41, 5.74) is 1.77. The number of phenols is 1. The fraction of sp³-hybridized carbons (Fsp3) is 0.286. The molecule has 0 amide bonds. The maximum Gasteiger partial charge on any atom is 0.119 e. The first-order valence-corrected chi connectivity index (χ1v) is 5.31. The molecule has 17 heavy (non-hydrogen) atoms. The monoisotopic (exact) mass is 234 g/mol. The van der Waals surface area contributed by atoms with Crippen LogP contribution in [0.5, 0.6) is 5.75 Å². The van der Waals surface area contributed by atoms with Gasteiger partial charge >= 0.3 is 0 Å². The molecule has 3 heteroatoms. The van der Waals surface area contributed by atoms with E-state index >= 15 is 0 Å². The topological polar surface area (TPSA) is 38.7 Å². The molecule has 3 nitrogen and oxygen atoms in total. The van der Waals surface area contributed by atoms with Gasteiger partial charge < -0.3 is 14.6 Å². The Hall–Kier alpha value is -1.90. The van der Waals surface area contributed by atoms with Crippen molar-refractivity contribution in [1.82, 2.24) is 0 Å². The van der Waals surface area contributed by atoms with Gasteiger partial charge in [-0.2, -0.15) is 0 Å². The van der Waals surface area contributed by atoms with E-state index < -0.39 is 0 Å². The summed E-state index contributed by atoms with van der Waals surface area (Å²) in [6.45, 7) is 7.54. The molecule has 1 aromatic carbocycles. The molecule has 0 radical (unpaired) electrons. The van der Waals surface area contributed by atoms with Crippen LogP contribution >= 0.6 is 0 Å². The minimum absolute atomic E-state index is 0.240. The van der Waals surface area contributed by atoms with Crippen LogP contribution in [-0.4, -0.2) is 19.3 Å². The molecule has 0 spiro atoms. The highest BCUT2D eigenvalue weighted by Crippen LogP contribution is 2.25. The van der Waals surface area contributed by atoms with Crippen LogP contribution in [0, 0.1) is 0 Å². The van der Waals surface area contributed by atoms with E-state index in [1.165, 1.54) is 0 Å². The van der Waals surface area contributed by atoms with E-state index in [1.807, 2.05) is 6.07 Å². The number of aromatic hydroxyl groups is 1. The van der Waals surface area contributed by atoms with Gasteiger partial charge in [-0.1, -0.05) is 25.3 Å². The van der Waals surface area contributed by atoms with Gasteiger partial charge in [0.05, 0.1) is 25.7 Å². The quantitative estimate of drug-likeness (QED) is 0.769. The first-order valence-electron chi connectivity index (χ1n) is 5.31. The molecule has 0 aromatic heterocycles. The summed E-state index contributed by atoms with van der Waals surface area (Å²) < 4.78 is 10.1. The number of allylic oxidation sites excluding steroid dienone is 2. The smallest absolute Gasteiger partial charge is 0.119 e. The zero-order chi connectivity index (χ0) is 12.8. The first-order chi connectivity index (χ1) is 8.08. The summed E-state index contributed by atoms with van der Waals surface area (Å²) in [6, 6.07) is 5.38. The van der Waals surface area contributed by atoms with Crippen LogP contribution in [0.25, 0.3) is 0 Å². The second kappa shape index (κ2) is 5.99. The minimum Gasteiger partial charge on any atom is -0.508 e. The Balaban J connectivity index is 2.99. The fourth-order valence-corrected chi connectivity index (χ4v) is 1.54. The molecule has 0 aliphatic heterocycles. The molecule has 92 valence electrons. The van der Waals surface area contributed by atoms with Crippen LogP contribution in [0.4, 0.5) is 0 Å². The zero-order valence-electron chi connectivity index (χ0n) is 10.3. The van der Waals surface area contributed by atoms with Crippen molar-refractivity contribution in [3.8, 4) is 5.75 Å². The van der Waals surface area contributed by atoms with Crippen LogP contribution in [0.1, 0.15) is 11.1 Å². The summed E-state index contributed by atoms with van der Waals surface area (Å²) in [7, 11) is 3.15. The maximum atomic E-state index is 9.85. The molecule has 0 aliphatic carbocycles. The lowest BCUT2D eigenvalue weighted by Crippen LogP contribution is -2.00. The highest BCUT2D eigenvalue weighted by molar-refractivity contribution is 5.42. The van der Waals surface area contributed by atoms with Crippen molar-refractivity contribution in [2.45, 2.75) is 12.8 Å². The predicted molar refractivity (Wildman–Crippen MR) is 67.8 cm³/mol. The van der Waals surface area contributed by atoms with E-state index in [2.05, 4.69) is 13.2 Å². The van der Waals surface area contributed by atoms with Crippen molar-refractivity contribution in [1.29, 1.82) is 0 Å². The van der Waals surface area contributed by atoms with Gasteiger partial charge in [0.2, 0.25) is 0 Å². The van der Waals surface area contributed by atoms with Gasteiger partial charge in [0.15, 0.2) is 0 Å². The molecule has 0 aliphatic rings. The normalized spacial score (nSPS) is 9.76. The van der Waals surface area contributed by atoms with Crippen LogP contribution < -0.4 is 0 Å². The average molecular weight is 234 g/mol. The van der Waals surface area contributed by atoms with Crippen LogP contribution in [0.15, 0.2) is 42.9 Å². The second-order valence-electron chi connectivity index (χ2n) is 3.75. The SMILES string of the molecule is C=C(Cc1cccc(O)c1CC(=C)OC)OC. The molecule has 1 aromatic rings. The Morgan fingerprint density at radius 2 is 1.71 bits per heavy atom. The molecule has 0 bridgehead atoms. The summed E-state index contributed by atoms with van der Waals surface area (Å²) in [6.07, 6.45) is 1.05. The molecule has 0 atom stereocenters. The Morgan fingerprint density at radius 3 is 2.29 bits per heavy atom. The Kier molecular flexibility index (Phi) is 4.64. The van der Waals surface area contributed by atoms with E-state index in [9.17, 15) is 5.11 Å². The van der Waals surface area contributed by atoms with E-state index in [0.717, 1.165) is 11.1 Å². The number of hydrogen-bond donors (Lipinski definition) is 1. The van der Waals surface area contributed by atoms with Gasteiger partial charge in [0.25, 0.3) is 0 Å². The third-order valence-corrected chi connectivity index (χ3v) is 2.59. The molecular formula is C14H18O3. The lowest BCUT2D eigenvalue weighted by atomic mass is 9.99. The lowest BCUT2D eigenvalue weighted by molar-refractivity contribution is 0.281. The molecular weight excluding hydrogens is 216 g/mol. The summed E-state index contributed by atoms with van der Waals surface area (Å²) >= 11 is 0. The van der Waals surface area contributed by atoms with Gasteiger partial charge in [0.1, 0.15) is 5.75 Å². The average Bonchev–Trinajstić information content (AvgIpc) is 2.33. The molecule has 0 unspecified atom stereocenters. The van der Waals surface area contributed by atoms with Crippen LogP contribution in [-0.2, 0) is 22.3 Å². The van der Waals surface area contributed by atoms with Crippen molar-refractivity contribution < 1.29 is 14.6 Å². The second-order valence-corrected chi connectivity index (χ2v) is 3.75. The van der Waals surface area contributed by atoms with E-state index in [-0.39, 0.29) is 5.75 Å². The maximum absolute atomic E-state index is 9.85. The number of phenolic OH excluding ortho intramolecular Hbond substituents is 1. The first kappa shape index (κ1) is 13.2. The number of ether oxygens (including phenoxy) is 2. The standard InChI is InChI=1S/C14H18O3/c1-10(16-3)8-12-6-5-7-14(15)13(12)9-11(2)17-4/h5-7,15H,1-2,8-9H2,3-4H3. The zero-order valence-corrected chi connectivity index (χ0v) is 10.3. The molecule has 0 saturated carbocycles. The minimum atomic E-state index is 0.240. The predicted octanol–water partition coefficient (Wildman–Crippen LogP) is 2.80. The summed E-state index contributed by atoms with van der Waals surface area (Å²) in [4.78, 5) is 0. The molecule has 1 rings (SSSR count). The number of rotatable bonds is 6. The van der Waals surface area contributed by atoms with Crippen molar-refractivity contribution >= 4 is 0 Å². The highest BCUT2D eigenvalue weighted by atomic mass is 16.5. The van der Waals surface area contributed by atoms with Crippen molar-refractivity contribution in [2.75, 3.05) is 14.2 Å². The van der Waals surface area contributed by atoms with Crippen molar-refractivity contribution in [2.24, 2.45) is 0 Å². The third kappa shape index (κ3) is 3.55. The van der Waals surface area contributed by atoms with E-state index in [4.69, 9.17) is 9.47 Å². The van der Waals surface area contributed by atoms with Crippen molar-refractivity contribution in [3.63, 3.8) is 0 Å². The highest BCUT2D eigenvalue weighted by Gasteiger charge is 2.10. The van der Waals surface area contributed by atoms with Gasteiger partial charge in [-0.3, -0.25) is 0 Å². The Labute approximate surface area is 102 Å². The number of benzene rings is 1. The Bertz CT molecular complexity index is 421.